The molecule has 1 aliphatic rings. The SMILES string of the molecule is CCCCc1ccc(N=Nc2ccc(N=Nc3ccc(N4CCSCC4)cc3)cc2)cc1. The Labute approximate surface area is 194 Å². The van der Waals surface area contributed by atoms with Crippen LogP contribution in [0.2, 0.25) is 0 Å². The third kappa shape index (κ3) is 6.50. The average molecular weight is 444 g/mol. The number of rotatable bonds is 8. The van der Waals surface area contributed by atoms with Crippen molar-refractivity contribution < 1.29 is 0 Å². The van der Waals surface area contributed by atoms with E-state index >= 15 is 0 Å². The monoisotopic (exact) mass is 443 g/mol. The van der Waals surface area contributed by atoms with Crippen LogP contribution in [0.4, 0.5) is 28.4 Å². The molecule has 0 spiro atoms. The van der Waals surface area contributed by atoms with Crippen molar-refractivity contribution >= 4 is 40.2 Å². The molecular formula is C26H29N5S. The van der Waals surface area contributed by atoms with Gasteiger partial charge in [0, 0.05) is 30.3 Å². The molecule has 0 N–H and O–H groups in total. The number of hydrogen-bond acceptors (Lipinski definition) is 6. The summed E-state index contributed by atoms with van der Waals surface area (Å²) in [6.45, 7) is 4.43. The van der Waals surface area contributed by atoms with Gasteiger partial charge in [-0.25, -0.2) is 0 Å². The Balaban J connectivity index is 1.32. The van der Waals surface area contributed by atoms with Gasteiger partial charge >= 0.3 is 0 Å². The van der Waals surface area contributed by atoms with E-state index in [1.807, 2.05) is 60.3 Å². The predicted molar refractivity (Wildman–Crippen MR) is 136 cm³/mol. The van der Waals surface area contributed by atoms with Crippen molar-refractivity contribution in [3.63, 3.8) is 0 Å². The number of anilines is 1. The zero-order valence-corrected chi connectivity index (χ0v) is 19.3. The number of azo groups is 2. The van der Waals surface area contributed by atoms with Crippen LogP contribution in [-0.2, 0) is 6.42 Å². The van der Waals surface area contributed by atoms with Gasteiger partial charge in [-0.1, -0.05) is 25.5 Å². The van der Waals surface area contributed by atoms with E-state index in [1.54, 1.807) is 0 Å². The Bertz CT molecular complexity index is 1020. The van der Waals surface area contributed by atoms with Gasteiger partial charge < -0.3 is 4.90 Å². The van der Waals surface area contributed by atoms with E-state index in [0.29, 0.717) is 0 Å². The van der Waals surface area contributed by atoms with Gasteiger partial charge in [-0.2, -0.15) is 32.2 Å². The van der Waals surface area contributed by atoms with Crippen LogP contribution >= 0.6 is 11.8 Å². The summed E-state index contributed by atoms with van der Waals surface area (Å²) in [4.78, 5) is 2.42. The Morgan fingerprint density at radius 3 is 1.56 bits per heavy atom. The first-order chi connectivity index (χ1) is 15.8. The van der Waals surface area contributed by atoms with Crippen molar-refractivity contribution in [1.29, 1.82) is 0 Å². The first-order valence-corrected chi connectivity index (χ1v) is 12.4. The lowest BCUT2D eigenvalue weighted by Gasteiger charge is -2.28. The third-order valence-corrected chi connectivity index (χ3v) is 6.34. The van der Waals surface area contributed by atoms with Crippen LogP contribution in [0.15, 0.2) is 93.3 Å². The summed E-state index contributed by atoms with van der Waals surface area (Å²) >= 11 is 2.02. The molecular weight excluding hydrogens is 414 g/mol. The number of unbranched alkanes of at least 4 members (excludes halogenated alkanes) is 1. The Hall–Kier alpha value is -2.99. The molecule has 3 aromatic rings. The fourth-order valence-electron chi connectivity index (χ4n) is 3.48. The van der Waals surface area contributed by atoms with Crippen molar-refractivity contribution in [1.82, 2.24) is 0 Å². The minimum atomic E-state index is 0.793. The molecule has 0 aromatic heterocycles. The van der Waals surface area contributed by atoms with Crippen molar-refractivity contribution in [3.8, 4) is 0 Å². The molecule has 1 aliphatic heterocycles. The van der Waals surface area contributed by atoms with Crippen molar-refractivity contribution in [3.05, 3.63) is 78.4 Å². The van der Waals surface area contributed by atoms with Crippen LogP contribution in [0.25, 0.3) is 0 Å². The maximum atomic E-state index is 4.36. The molecule has 1 saturated heterocycles. The molecule has 5 nitrogen and oxygen atoms in total. The minimum absolute atomic E-state index is 0.793. The zero-order valence-electron chi connectivity index (χ0n) is 18.5. The van der Waals surface area contributed by atoms with Gasteiger partial charge in [0.05, 0.1) is 22.7 Å². The lowest BCUT2D eigenvalue weighted by Crippen LogP contribution is -2.32. The van der Waals surface area contributed by atoms with Gasteiger partial charge in [-0.15, -0.1) is 0 Å². The fraction of sp³-hybridized carbons (Fsp3) is 0.308. The summed E-state index contributed by atoms with van der Waals surface area (Å²) in [6, 6.07) is 24.2. The van der Waals surface area contributed by atoms with E-state index in [4.69, 9.17) is 0 Å². The molecule has 0 bridgehead atoms. The number of aryl methyl sites for hydroxylation is 1. The summed E-state index contributed by atoms with van der Waals surface area (Å²) in [5, 5.41) is 17.4. The average Bonchev–Trinajstić information content (AvgIpc) is 2.87. The van der Waals surface area contributed by atoms with Crippen molar-refractivity contribution in [2.45, 2.75) is 26.2 Å². The largest absolute Gasteiger partial charge is 0.370 e. The zero-order chi connectivity index (χ0) is 22.0. The van der Waals surface area contributed by atoms with Crippen LogP contribution in [0, 0.1) is 0 Å². The van der Waals surface area contributed by atoms with Crippen molar-refractivity contribution in [2.75, 3.05) is 29.5 Å². The molecule has 164 valence electrons. The van der Waals surface area contributed by atoms with Gasteiger partial charge in [0.15, 0.2) is 0 Å². The molecule has 1 heterocycles. The lowest BCUT2D eigenvalue weighted by molar-refractivity contribution is 0.795. The van der Waals surface area contributed by atoms with E-state index in [9.17, 15) is 0 Å². The van der Waals surface area contributed by atoms with Gasteiger partial charge in [0.1, 0.15) is 0 Å². The Morgan fingerprint density at radius 2 is 1.09 bits per heavy atom. The summed E-state index contributed by atoms with van der Waals surface area (Å²) < 4.78 is 0. The molecule has 0 amide bonds. The fourth-order valence-corrected chi connectivity index (χ4v) is 4.38. The third-order valence-electron chi connectivity index (χ3n) is 5.39. The highest BCUT2D eigenvalue weighted by molar-refractivity contribution is 7.99. The number of benzene rings is 3. The molecule has 0 unspecified atom stereocenters. The summed E-state index contributed by atoms with van der Waals surface area (Å²) in [5.41, 5.74) is 5.91. The molecule has 4 rings (SSSR count). The summed E-state index contributed by atoms with van der Waals surface area (Å²) in [7, 11) is 0. The van der Waals surface area contributed by atoms with E-state index in [0.717, 1.165) is 42.3 Å². The second-order valence-electron chi connectivity index (χ2n) is 7.80. The van der Waals surface area contributed by atoms with Crippen LogP contribution in [0.3, 0.4) is 0 Å². The Morgan fingerprint density at radius 1 is 0.656 bits per heavy atom. The molecule has 3 aromatic carbocycles. The van der Waals surface area contributed by atoms with E-state index < -0.39 is 0 Å². The lowest BCUT2D eigenvalue weighted by atomic mass is 10.1. The highest BCUT2D eigenvalue weighted by atomic mass is 32.2. The van der Waals surface area contributed by atoms with E-state index in [-0.39, 0.29) is 0 Å². The van der Waals surface area contributed by atoms with Crippen LogP contribution < -0.4 is 4.90 Å². The maximum Gasteiger partial charge on any atom is 0.0858 e. The van der Waals surface area contributed by atoms with Gasteiger partial charge in [-0.3, -0.25) is 0 Å². The molecule has 0 aliphatic carbocycles. The second kappa shape index (κ2) is 11.6. The molecule has 0 saturated carbocycles. The molecule has 32 heavy (non-hydrogen) atoms. The predicted octanol–water partition coefficient (Wildman–Crippen LogP) is 8.41. The number of thioether (sulfide) groups is 1. The molecule has 1 fully saturated rings. The number of nitrogens with zero attached hydrogens (tertiary/aromatic N) is 5. The normalized spacial score (nSPS) is 14.5. The van der Waals surface area contributed by atoms with E-state index in [2.05, 4.69) is 56.5 Å². The van der Waals surface area contributed by atoms with E-state index in [1.165, 1.54) is 35.6 Å². The highest BCUT2D eigenvalue weighted by Gasteiger charge is 2.10. The minimum Gasteiger partial charge on any atom is -0.370 e. The smallest absolute Gasteiger partial charge is 0.0858 e. The first kappa shape index (κ1) is 22.2. The molecule has 0 radical (unpaired) electrons. The van der Waals surface area contributed by atoms with Gasteiger partial charge in [0.25, 0.3) is 0 Å². The van der Waals surface area contributed by atoms with Crippen LogP contribution in [0.1, 0.15) is 25.3 Å². The molecule has 6 heteroatoms. The summed E-state index contributed by atoms with van der Waals surface area (Å²) in [5.74, 6) is 2.39. The van der Waals surface area contributed by atoms with Crippen LogP contribution in [-0.4, -0.2) is 24.6 Å². The quantitative estimate of drug-likeness (QED) is 0.328. The molecule has 0 atom stereocenters. The first-order valence-electron chi connectivity index (χ1n) is 11.3. The standard InChI is InChI=1S/C26H29N5S/c1-2-3-4-21-5-7-22(8-6-21)27-28-23-9-11-24(12-10-23)29-30-25-13-15-26(16-14-25)31-17-19-32-20-18-31/h5-16H,2-4,17-20H2,1H3. The maximum absolute atomic E-state index is 4.36. The van der Waals surface area contributed by atoms with Crippen LogP contribution in [0.5, 0.6) is 0 Å². The van der Waals surface area contributed by atoms with Gasteiger partial charge in [0.2, 0.25) is 0 Å². The second-order valence-corrected chi connectivity index (χ2v) is 9.03. The Kier molecular flexibility index (Phi) is 8.04. The number of hydrogen-bond donors (Lipinski definition) is 0. The topological polar surface area (TPSA) is 52.7 Å². The van der Waals surface area contributed by atoms with Crippen molar-refractivity contribution in [2.24, 2.45) is 20.5 Å². The highest BCUT2D eigenvalue weighted by Crippen LogP contribution is 2.26. The van der Waals surface area contributed by atoms with Gasteiger partial charge in [-0.05, 0) is 79.1 Å². The summed E-state index contributed by atoms with van der Waals surface area (Å²) in [6.07, 6.45) is 3.54.